The minimum atomic E-state index is -0.720. The molecule has 4 atom stereocenters. The summed E-state index contributed by atoms with van der Waals surface area (Å²) >= 11 is 2.29. The second-order valence-electron chi connectivity index (χ2n) is 7.30. The molecule has 7 nitrogen and oxygen atoms in total. The van der Waals surface area contributed by atoms with Crippen molar-refractivity contribution >= 4 is 51.1 Å². The average Bonchev–Trinajstić information content (AvgIpc) is 3.39. The van der Waals surface area contributed by atoms with Gasteiger partial charge in [0.05, 0.1) is 24.6 Å². The zero-order valence-electron chi connectivity index (χ0n) is 15.5. The van der Waals surface area contributed by atoms with Crippen LogP contribution in [0.3, 0.4) is 0 Å². The Bertz CT molecular complexity index is 1160. The summed E-state index contributed by atoms with van der Waals surface area (Å²) in [7, 11) is 0. The maximum absolute atomic E-state index is 13.2. The van der Waals surface area contributed by atoms with Gasteiger partial charge in [-0.15, -0.1) is 0 Å². The van der Waals surface area contributed by atoms with Crippen LogP contribution in [0, 0.1) is 12.8 Å². The molecule has 2 aliphatic rings. The molecule has 0 bridgehead atoms. The Morgan fingerprint density at radius 2 is 1.83 bits per heavy atom. The first kappa shape index (κ1) is 18.8. The Labute approximate surface area is 181 Å². The molecule has 9 heteroatoms. The topological polar surface area (TPSA) is 79.9 Å². The fourth-order valence-corrected chi connectivity index (χ4v) is 5.69. The van der Waals surface area contributed by atoms with E-state index in [1.807, 2.05) is 54.0 Å². The van der Waals surface area contributed by atoms with Gasteiger partial charge in [0.15, 0.2) is 6.04 Å². The van der Waals surface area contributed by atoms with E-state index < -0.39 is 18.0 Å². The predicted octanol–water partition coefficient (Wildman–Crippen LogP) is 4.20. The summed E-state index contributed by atoms with van der Waals surface area (Å²) in [6.45, 7) is 2.28. The van der Waals surface area contributed by atoms with Gasteiger partial charge in [0.2, 0.25) is 5.91 Å². The third kappa shape index (κ3) is 3.00. The first-order chi connectivity index (χ1) is 14.1. The quantitative estimate of drug-likeness (QED) is 0.296. The van der Waals surface area contributed by atoms with Gasteiger partial charge in [0.25, 0.3) is 5.91 Å². The number of nitrogens with zero attached hydrogens (tertiary/aromatic N) is 5. The summed E-state index contributed by atoms with van der Waals surface area (Å²) in [5.74, 6) is -1.02. The summed E-state index contributed by atoms with van der Waals surface area (Å²) in [4.78, 5) is 27.4. The van der Waals surface area contributed by atoms with Gasteiger partial charge < -0.3 is 0 Å². The smallest absolute Gasteiger partial charge is 0.257 e. The van der Waals surface area contributed by atoms with Gasteiger partial charge in [0.1, 0.15) is 12.0 Å². The zero-order valence-corrected chi connectivity index (χ0v) is 18.6. The van der Waals surface area contributed by atoms with Gasteiger partial charge in [-0.3, -0.25) is 14.5 Å². The van der Waals surface area contributed by atoms with Crippen molar-refractivity contribution in [1.82, 2.24) is 14.5 Å². The highest BCUT2D eigenvalue weighted by Gasteiger charge is 2.55. The molecule has 4 unspecified atom stereocenters. The number of halogens is 1. The van der Waals surface area contributed by atoms with Gasteiger partial charge in [-0.05, 0) is 57.8 Å². The predicted molar refractivity (Wildman–Crippen MR) is 119 cm³/mol. The van der Waals surface area contributed by atoms with E-state index >= 15 is 0 Å². The SMILES string of the molecule is Cc1cc2cnn(PI)c2cc1C1N=NC2C(=O)N(Cc3ccccc3)C(=O)C21. The molecule has 0 saturated carbocycles. The Balaban J connectivity index is 1.50. The summed E-state index contributed by atoms with van der Waals surface area (Å²) in [6.07, 6.45) is 2.33. The third-order valence-electron chi connectivity index (χ3n) is 5.60. The van der Waals surface area contributed by atoms with E-state index in [0.29, 0.717) is 6.37 Å². The fraction of sp³-hybridized carbons (Fsp3) is 0.250. The molecule has 146 valence electrons. The molecule has 5 rings (SSSR count). The van der Waals surface area contributed by atoms with Crippen LogP contribution in [0.5, 0.6) is 0 Å². The number of aromatic nitrogens is 2. The first-order valence-electron chi connectivity index (χ1n) is 9.22. The first-order valence-corrected chi connectivity index (χ1v) is 13.3. The van der Waals surface area contributed by atoms with E-state index in [9.17, 15) is 9.59 Å². The molecule has 2 aromatic carbocycles. The highest BCUT2D eigenvalue weighted by molar-refractivity contribution is 14.2. The number of aryl methyl sites for hydroxylation is 1. The van der Waals surface area contributed by atoms with Crippen LogP contribution in [-0.2, 0) is 16.1 Å². The van der Waals surface area contributed by atoms with Crippen LogP contribution in [0.25, 0.3) is 10.9 Å². The van der Waals surface area contributed by atoms with E-state index in [-0.39, 0.29) is 18.4 Å². The van der Waals surface area contributed by atoms with Crippen LogP contribution in [0.4, 0.5) is 0 Å². The standard InChI is InChI=1S/C20H17IN5O2P/c1-11-7-13-9-22-26(29-21)15(13)8-14(11)17-16-18(24-23-17)20(28)25(19(16)27)10-12-5-3-2-4-6-12/h2-9,16-18,29H,10H2,1H3. The fourth-order valence-electron chi connectivity index (χ4n) is 4.15. The molecule has 3 heterocycles. The number of fused-ring (bicyclic) bond motifs is 2. The Morgan fingerprint density at radius 1 is 1.07 bits per heavy atom. The van der Waals surface area contributed by atoms with Gasteiger partial charge in [-0.25, -0.2) is 4.45 Å². The molecule has 0 N–H and O–H groups in total. The van der Waals surface area contributed by atoms with Crippen molar-refractivity contribution in [1.29, 1.82) is 0 Å². The number of hydrogen-bond acceptors (Lipinski definition) is 5. The lowest BCUT2D eigenvalue weighted by Gasteiger charge is -2.18. The highest BCUT2D eigenvalue weighted by Crippen LogP contribution is 2.44. The van der Waals surface area contributed by atoms with Crippen LogP contribution in [0.1, 0.15) is 22.7 Å². The summed E-state index contributed by atoms with van der Waals surface area (Å²) in [5, 5.41) is 14.1. The summed E-state index contributed by atoms with van der Waals surface area (Å²) < 4.78 is 1.94. The van der Waals surface area contributed by atoms with Crippen LogP contribution in [-0.4, -0.2) is 32.3 Å². The van der Waals surface area contributed by atoms with Crippen LogP contribution < -0.4 is 0 Å². The molecule has 0 spiro atoms. The van der Waals surface area contributed by atoms with Crippen molar-refractivity contribution < 1.29 is 9.59 Å². The summed E-state index contributed by atoms with van der Waals surface area (Å²) in [5.41, 5.74) is 3.90. The molecule has 1 aromatic heterocycles. The van der Waals surface area contributed by atoms with Crippen LogP contribution in [0.15, 0.2) is 58.9 Å². The van der Waals surface area contributed by atoms with Gasteiger partial charge in [0, 0.05) is 5.39 Å². The zero-order chi connectivity index (χ0) is 20.1. The molecule has 2 amide bonds. The number of benzene rings is 2. The number of hydrogen-bond donors (Lipinski definition) is 0. The second kappa shape index (κ2) is 7.25. The number of rotatable bonds is 4. The number of likely N-dealkylation sites (tertiary alicyclic amines) is 1. The molecular weight excluding hydrogens is 500 g/mol. The Hall–Kier alpha value is -2.19. The van der Waals surface area contributed by atoms with E-state index in [4.69, 9.17) is 0 Å². The van der Waals surface area contributed by atoms with Crippen LogP contribution in [0.2, 0.25) is 0 Å². The van der Waals surface area contributed by atoms with Gasteiger partial charge in [-0.2, -0.15) is 15.3 Å². The number of carbonyl (C=O) groups is 2. The third-order valence-corrected chi connectivity index (χ3v) is 7.49. The number of amides is 2. The number of carbonyl (C=O) groups excluding carboxylic acids is 2. The summed E-state index contributed by atoms with van der Waals surface area (Å²) in [6, 6.07) is 12.5. The Kier molecular flexibility index (Phi) is 4.70. The lowest BCUT2D eigenvalue weighted by molar-refractivity contribution is -0.140. The van der Waals surface area contributed by atoms with Gasteiger partial charge >= 0.3 is 0 Å². The largest absolute Gasteiger partial charge is 0.276 e. The van der Waals surface area contributed by atoms with Crippen LogP contribution >= 0.6 is 28.4 Å². The molecule has 0 radical (unpaired) electrons. The second-order valence-corrected chi connectivity index (χ2v) is 9.34. The molecule has 0 aliphatic carbocycles. The van der Waals surface area contributed by atoms with E-state index in [0.717, 1.165) is 27.6 Å². The molecular formula is C20H17IN5O2P. The minimum absolute atomic E-state index is 0.192. The molecule has 2 aliphatic heterocycles. The number of azo groups is 1. The van der Waals surface area contributed by atoms with Crippen molar-refractivity contribution in [2.75, 3.05) is 0 Å². The normalized spacial score (nSPS) is 23.8. The van der Waals surface area contributed by atoms with E-state index in [1.165, 1.54) is 4.90 Å². The van der Waals surface area contributed by atoms with Crippen molar-refractivity contribution in [3.8, 4) is 0 Å². The van der Waals surface area contributed by atoms with Crippen molar-refractivity contribution in [3.63, 3.8) is 0 Å². The Morgan fingerprint density at radius 3 is 2.59 bits per heavy atom. The van der Waals surface area contributed by atoms with Crippen molar-refractivity contribution in [3.05, 3.63) is 65.4 Å². The average molecular weight is 517 g/mol. The lowest BCUT2D eigenvalue weighted by atomic mass is 9.88. The maximum Gasteiger partial charge on any atom is 0.257 e. The maximum atomic E-state index is 13.2. The van der Waals surface area contributed by atoms with Gasteiger partial charge in [-0.1, -0.05) is 30.3 Å². The van der Waals surface area contributed by atoms with E-state index in [2.05, 4.69) is 43.4 Å². The van der Waals surface area contributed by atoms with Crippen molar-refractivity contribution in [2.45, 2.75) is 25.6 Å². The van der Waals surface area contributed by atoms with E-state index in [1.54, 1.807) is 0 Å². The molecule has 29 heavy (non-hydrogen) atoms. The molecule has 1 fully saturated rings. The minimum Gasteiger partial charge on any atom is -0.276 e. The monoisotopic (exact) mass is 517 g/mol. The lowest BCUT2D eigenvalue weighted by Crippen LogP contribution is -2.31. The molecule has 1 saturated heterocycles. The highest BCUT2D eigenvalue weighted by atomic mass is 127. The number of imide groups is 1. The van der Waals surface area contributed by atoms with Crippen molar-refractivity contribution in [2.24, 2.45) is 16.1 Å². The molecule has 3 aromatic rings.